The van der Waals surface area contributed by atoms with Gasteiger partial charge in [-0.05, 0) is 44.4 Å². The molecular formula is C15H18ClN5O. The van der Waals surface area contributed by atoms with Crippen LogP contribution >= 0.6 is 11.6 Å². The third-order valence-corrected chi connectivity index (χ3v) is 3.08. The van der Waals surface area contributed by atoms with Crippen molar-refractivity contribution in [1.29, 1.82) is 0 Å². The van der Waals surface area contributed by atoms with Gasteiger partial charge in [0.15, 0.2) is 5.69 Å². The molecule has 0 bridgehead atoms. The largest absolute Gasteiger partial charge is 0.367 e. The molecular weight excluding hydrogens is 302 g/mol. The third-order valence-electron chi connectivity index (χ3n) is 2.84. The fourth-order valence-corrected chi connectivity index (χ4v) is 1.91. The Morgan fingerprint density at radius 2 is 2.05 bits per heavy atom. The molecule has 0 radical (unpaired) electrons. The molecule has 0 aliphatic rings. The molecule has 7 heteroatoms. The lowest BCUT2D eigenvalue weighted by Gasteiger charge is -2.10. The van der Waals surface area contributed by atoms with Crippen molar-refractivity contribution in [1.82, 2.24) is 15.1 Å². The Kier molecular flexibility index (Phi) is 5.68. The molecule has 0 fully saturated rings. The second-order valence-electron chi connectivity index (χ2n) is 5.00. The molecule has 0 saturated carbocycles. The van der Waals surface area contributed by atoms with E-state index in [9.17, 15) is 4.79 Å². The average molecular weight is 320 g/mol. The summed E-state index contributed by atoms with van der Waals surface area (Å²) in [5.74, 6) is 0.316. The van der Waals surface area contributed by atoms with E-state index in [0.29, 0.717) is 16.5 Å². The predicted octanol–water partition coefficient (Wildman–Crippen LogP) is 2.36. The molecule has 22 heavy (non-hydrogen) atoms. The van der Waals surface area contributed by atoms with Crippen LogP contribution in [0.25, 0.3) is 0 Å². The highest BCUT2D eigenvalue weighted by Gasteiger charge is 2.08. The Morgan fingerprint density at radius 1 is 1.23 bits per heavy atom. The van der Waals surface area contributed by atoms with Gasteiger partial charge in [0.05, 0.1) is 0 Å². The molecule has 1 amide bonds. The summed E-state index contributed by atoms with van der Waals surface area (Å²) in [7, 11) is 3.99. The SMILES string of the molecule is CN(C)CCNc1ccc(C(=O)Nc2cccc(Cl)c2)nn1. The fraction of sp³-hybridized carbons (Fsp3) is 0.267. The lowest BCUT2D eigenvalue weighted by molar-refractivity contribution is 0.102. The number of carbonyl (C=O) groups excluding carboxylic acids is 1. The Balaban J connectivity index is 1.93. The maximum atomic E-state index is 12.1. The van der Waals surface area contributed by atoms with Crippen molar-refractivity contribution in [3.8, 4) is 0 Å². The van der Waals surface area contributed by atoms with Gasteiger partial charge in [0, 0.05) is 23.8 Å². The van der Waals surface area contributed by atoms with Crippen LogP contribution in [0.3, 0.4) is 0 Å². The smallest absolute Gasteiger partial charge is 0.276 e. The number of rotatable bonds is 6. The number of benzene rings is 1. The highest BCUT2D eigenvalue weighted by atomic mass is 35.5. The van der Waals surface area contributed by atoms with Crippen LogP contribution in [0.15, 0.2) is 36.4 Å². The second-order valence-corrected chi connectivity index (χ2v) is 5.43. The van der Waals surface area contributed by atoms with E-state index in [2.05, 4.69) is 25.7 Å². The third kappa shape index (κ3) is 4.98. The minimum atomic E-state index is -0.324. The van der Waals surface area contributed by atoms with Crippen LogP contribution in [0.2, 0.25) is 5.02 Å². The summed E-state index contributed by atoms with van der Waals surface area (Å²) in [6.45, 7) is 1.65. The number of hydrogen-bond acceptors (Lipinski definition) is 5. The first-order valence-corrected chi connectivity index (χ1v) is 7.21. The second kappa shape index (κ2) is 7.72. The van der Waals surface area contributed by atoms with Gasteiger partial charge in [-0.15, -0.1) is 10.2 Å². The standard InChI is InChI=1S/C15H18ClN5O/c1-21(2)9-8-17-14-7-6-13(19-20-14)15(22)18-12-5-3-4-11(16)10-12/h3-7,10H,8-9H2,1-2H3,(H,17,20)(H,18,22). The number of nitrogens with one attached hydrogen (secondary N) is 2. The van der Waals surface area contributed by atoms with Crippen molar-refractivity contribution in [2.45, 2.75) is 0 Å². The minimum absolute atomic E-state index is 0.248. The number of halogens is 1. The van der Waals surface area contributed by atoms with E-state index in [1.54, 1.807) is 36.4 Å². The van der Waals surface area contributed by atoms with Crippen LogP contribution in [0.4, 0.5) is 11.5 Å². The first-order chi connectivity index (χ1) is 10.5. The zero-order valence-corrected chi connectivity index (χ0v) is 13.3. The number of aromatic nitrogens is 2. The first kappa shape index (κ1) is 16.2. The molecule has 0 atom stereocenters. The predicted molar refractivity (Wildman–Crippen MR) is 88.5 cm³/mol. The van der Waals surface area contributed by atoms with Gasteiger partial charge in [-0.25, -0.2) is 0 Å². The van der Waals surface area contributed by atoms with Crippen LogP contribution in [-0.4, -0.2) is 48.2 Å². The molecule has 2 rings (SSSR count). The maximum absolute atomic E-state index is 12.1. The number of anilines is 2. The van der Waals surface area contributed by atoms with E-state index in [0.717, 1.165) is 13.1 Å². The van der Waals surface area contributed by atoms with Crippen molar-refractivity contribution in [2.24, 2.45) is 0 Å². The molecule has 2 N–H and O–H groups in total. The van der Waals surface area contributed by atoms with Crippen LogP contribution < -0.4 is 10.6 Å². The first-order valence-electron chi connectivity index (χ1n) is 6.84. The monoisotopic (exact) mass is 319 g/mol. The lowest BCUT2D eigenvalue weighted by Crippen LogP contribution is -2.21. The van der Waals surface area contributed by atoms with Gasteiger partial charge in [-0.2, -0.15) is 0 Å². The Labute approximate surface area is 134 Å². The summed E-state index contributed by atoms with van der Waals surface area (Å²) in [6, 6.07) is 10.3. The molecule has 0 saturated heterocycles. The summed E-state index contributed by atoms with van der Waals surface area (Å²) >= 11 is 5.87. The van der Waals surface area contributed by atoms with Gasteiger partial charge >= 0.3 is 0 Å². The van der Waals surface area contributed by atoms with Crippen molar-refractivity contribution >= 4 is 29.0 Å². The van der Waals surface area contributed by atoms with Gasteiger partial charge in [-0.1, -0.05) is 17.7 Å². The molecule has 116 valence electrons. The zero-order valence-electron chi connectivity index (χ0n) is 12.5. The zero-order chi connectivity index (χ0) is 15.9. The van der Waals surface area contributed by atoms with E-state index in [1.165, 1.54) is 0 Å². The summed E-state index contributed by atoms with van der Waals surface area (Å²) in [5.41, 5.74) is 0.866. The van der Waals surface area contributed by atoms with Crippen molar-refractivity contribution in [3.63, 3.8) is 0 Å². The quantitative estimate of drug-likeness (QED) is 0.855. The highest BCUT2D eigenvalue weighted by molar-refractivity contribution is 6.30. The van der Waals surface area contributed by atoms with Crippen LogP contribution in [-0.2, 0) is 0 Å². The number of carbonyl (C=O) groups is 1. The van der Waals surface area contributed by atoms with Gasteiger partial charge in [-0.3, -0.25) is 4.79 Å². The summed E-state index contributed by atoms with van der Waals surface area (Å²) < 4.78 is 0. The summed E-state index contributed by atoms with van der Waals surface area (Å²) in [4.78, 5) is 14.1. The molecule has 1 aromatic heterocycles. The Hall–Kier alpha value is -2.18. The summed E-state index contributed by atoms with van der Waals surface area (Å²) in [5, 5.41) is 14.3. The van der Waals surface area contributed by atoms with Crippen molar-refractivity contribution in [3.05, 3.63) is 47.1 Å². The normalized spacial score (nSPS) is 10.5. The molecule has 1 heterocycles. The number of likely N-dealkylation sites (N-methyl/N-ethyl adjacent to an activating group) is 1. The molecule has 6 nitrogen and oxygen atoms in total. The minimum Gasteiger partial charge on any atom is -0.367 e. The van der Waals surface area contributed by atoms with Gasteiger partial charge in [0.2, 0.25) is 0 Å². The number of hydrogen-bond donors (Lipinski definition) is 2. The van der Waals surface area contributed by atoms with Crippen molar-refractivity contribution < 1.29 is 4.79 Å². The molecule has 0 aliphatic carbocycles. The fourth-order valence-electron chi connectivity index (χ4n) is 1.72. The molecule has 1 aromatic carbocycles. The van der Waals surface area contributed by atoms with Crippen molar-refractivity contribution in [2.75, 3.05) is 37.8 Å². The van der Waals surface area contributed by atoms with E-state index >= 15 is 0 Å². The maximum Gasteiger partial charge on any atom is 0.276 e. The molecule has 0 unspecified atom stereocenters. The van der Waals surface area contributed by atoms with E-state index in [4.69, 9.17) is 11.6 Å². The van der Waals surface area contributed by atoms with E-state index in [1.807, 2.05) is 14.1 Å². The average Bonchev–Trinajstić information content (AvgIpc) is 2.47. The summed E-state index contributed by atoms with van der Waals surface area (Å²) in [6.07, 6.45) is 0. The van der Waals surface area contributed by atoms with Crippen LogP contribution in [0.5, 0.6) is 0 Å². The van der Waals surface area contributed by atoms with E-state index in [-0.39, 0.29) is 11.6 Å². The highest BCUT2D eigenvalue weighted by Crippen LogP contribution is 2.15. The van der Waals surface area contributed by atoms with Gasteiger partial charge in [0.25, 0.3) is 5.91 Å². The van der Waals surface area contributed by atoms with E-state index < -0.39 is 0 Å². The topological polar surface area (TPSA) is 70.2 Å². The number of amides is 1. The van der Waals surface area contributed by atoms with Gasteiger partial charge in [0.1, 0.15) is 5.82 Å². The molecule has 0 spiro atoms. The van der Waals surface area contributed by atoms with Crippen LogP contribution in [0.1, 0.15) is 10.5 Å². The Morgan fingerprint density at radius 3 is 2.68 bits per heavy atom. The molecule has 2 aromatic rings. The van der Waals surface area contributed by atoms with Crippen LogP contribution in [0, 0.1) is 0 Å². The number of nitrogens with zero attached hydrogens (tertiary/aromatic N) is 3. The lowest BCUT2D eigenvalue weighted by atomic mass is 10.3. The molecule has 0 aliphatic heterocycles. The van der Waals surface area contributed by atoms with Gasteiger partial charge < -0.3 is 15.5 Å². The Bertz CT molecular complexity index is 630.